The molecule has 0 spiro atoms. The van der Waals surface area contributed by atoms with Crippen LogP contribution in [0.3, 0.4) is 0 Å². The van der Waals surface area contributed by atoms with E-state index in [4.69, 9.17) is 0 Å². The van der Waals surface area contributed by atoms with E-state index in [1.807, 2.05) is 0 Å². The first-order valence-corrected chi connectivity index (χ1v) is 12.0. The van der Waals surface area contributed by atoms with Crippen molar-refractivity contribution >= 4 is 39.2 Å². The fourth-order valence-corrected chi connectivity index (χ4v) is 6.21. The molecule has 0 saturated heterocycles. The highest BCUT2D eigenvalue weighted by molar-refractivity contribution is 7.99. The third-order valence-electron chi connectivity index (χ3n) is 5.64. The molecular weight excluding hydrogens is 390 g/mol. The third-order valence-corrected chi connectivity index (χ3v) is 7.66. The molecule has 0 unspecified atom stereocenters. The molecule has 2 aromatic heterocycles. The first-order valence-electron chi connectivity index (χ1n) is 10.2. The van der Waals surface area contributed by atoms with Crippen LogP contribution in [-0.4, -0.2) is 28.2 Å². The summed E-state index contributed by atoms with van der Waals surface area (Å²) < 4.78 is 0. The topological polar surface area (TPSA) is 74.8 Å². The van der Waals surface area contributed by atoms with Crippen LogP contribution in [0.4, 0.5) is 0 Å². The number of aromatic nitrogens is 2. The Labute approximate surface area is 173 Å². The summed E-state index contributed by atoms with van der Waals surface area (Å²) in [6.07, 6.45) is 11.3. The molecule has 0 bridgehead atoms. The van der Waals surface area contributed by atoms with E-state index in [2.05, 4.69) is 28.3 Å². The number of allylic oxidation sites excluding steroid dienone is 1. The lowest BCUT2D eigenvalue weighted by atomic mass is 9.89. The van der Waals surface area contributed by atoms with Crippen molar-refractivity contribution in [2.75, 3.05) is 12.3 Å². The highest BCUT2D eigenvalue weighted by atomic mass is 32.2. The number of amides is 1. The van der Waals surface area contributed by atoms with Gasteiger partial charge in [0, 0.05) is 11.4 Å². The number of nitrogens with zero attached hydrogens (tertiary/aromatic N) is 1. The highest BCUT2D eigenvalue weighted by Crippen LogP contribution is 2.36. The zero-order valence-electron chi connectivity index (χ0n) is 16.3. The van der Waals surface area contributed by atoms with Crippen molar-refractivity contribution in [2.45, 2.75) is 63.4 Å². The molecular formula is C21H27N3O2S2. The molecule has 0 fully saturated rings. The molecule has 5 nitrogen and oxygen atoms in total. The Kier molecular flexibility index (Phi) is 6.21. The Balaban J connectivity index is 1.35. The number of rotatable bonds is 6. The largest absolute Gasteiger partial charge is 0.355 e. The molecule has 2 aliphatic rings. The van der Waals surface area contributed by atoms with Gasteiger partial charge in [0.15, 0.2) is 5.16 Å². The second kappa shape index (κ2) is 8.82. The van der Waals surface area contributed by atoms with E-state index in [0.717, 1.165) is 35.9 Å². The molecule has 28 heavy (non-hydrogen) atoms. The Morgan fingerprint density at radius 2 is 2.29 bits per heavy atom. The van der Waals surface area contributed by atoms with Crippen molar-refractivity contribution in [3.05, 3.63) is 32.4 Å². The highest BCUT2D eigenvalue weighted by Gasteiger charge is 2.23. The Morgan fingerprint density at radius 3 is 3.11 bits per heavy atom. The van der Waals surface area contributed by atoms with Gasteiger partial charge in [0.1, 0.15) is 4.83 Å². The van der Waals surface area contributed by atoms with Crippen molar-refractivity contribution in [1.29, 1.82) is 0 Å². The van der Waals surface area contributed by atoms with E-state index in [1.165, 1.54) is 53.5 Å². The summed E-state index contributed by atoms with van der Waals surface area (Å²) in [5.74, 6) is 0.931. The Bertz CT molecular complexity index is 960. The first kappa shape index (κ1) is 19.7. The smallest absolute Gasteiger partial charge is 0.260 e. The number of aryl methyl sites for hydroxylation is 1. The maximum Gasteiger partial charge on any atom is 0.260 e. The van der Waals surface area contributed by atoms with Crippen LogP contribution in [0.2, 0.25) is 0 Å². The van der Waals surface area contributed by atoms with Crippen molar-refractivity contribution < 1.29 is 4.79 Å². The number of thiophene rings is 1. The normalized spacial score (nSPS) is 19.3. The lowest BCUT2D eigenvalue weighted by molar-refractivity contribution is -0.118. The number of thioether (sulfide) groups is 1. The Morgan fingerprint density at radius 1 is 1.39 bits per heavy atom. The van der Waals surface area contributed by atoms with Gasteiger partial charge in [0.05, 0.1) is 11.1 Å². The monoisotopic (exact) mass is 417 g/mol. The molecule has 0 aromatic carbocycles. The predicted molar refractivity (Wildman–Crippen MR) is 116 cm³/mol. The van der Waals surface area contributed by atoms with Gasteiger partial charge in [-0.2, -0.15) is 0 Å². The van der Waals surface area contributed by atoms with Gasteiger partial charge >= 0.3 is 0 Å². The van der Waals surface area contributed by atoms with Gasteiger partial charge in [-0.15, -0.1) is 11.3 Å². The lowest BCUT2D eigenvalue weighted by Gasteiger charge is -2.17. The lowest BCUT2D eigenvalue weighted by Crippen LogP contribution is -2.26. The summed E-state index contributed by atoms with van der Waals surface area (Å²) >= 11 is 2.95. The summed E-state index contributed by atoms with van der Waals surface area (Å²) in [7, 11) is 0. The van der Waals surface area contributed by atoms with E-state index in [1.54, 1.807) is 11.3 Å². The van der Waals surface area contributed by atoms with Crippen LogP contribution in [0.1, 0.15) is 55.9 Å². The van der Waals surface area contributed by atoms with Crippen LogP contribution in [0.15, 0.2) is 21.6 Å². The van der Waals surface area contributed by atoms with Crippen LogP contribution >= 0.6 is 23.1 Å². The van der Waals surface area contributed by atoms with E-state index in [-0.39, 0.29) is 17.2 Å². The van der Waals surface area contributed by atoms with Crippen molar-refractivity contribution in [3.8, 4) is 0 Å². The second-order valence-electron chi connectivity index (χ2n) is 7.90. The van der Waals surface area contributed by atoms with E-state index in [9.17, 15) is 9.59 Å². The number of carbonyl (C=O) groups excluding carboxylic acids is 1. The number of hydrogen-bond acceptors (Lipinski definition) is 5. The summed E-state index contributed by atoms with van der Waals surface area (Å²) in [6, 6.07) is 0. The SMILES string of the molecule is C[C@@H]1CCc2c(sc3nc(SCC(=O)NCCC4=CCCCC4)[nH]c(=O)c23)C1. The van der Waals surface area contributed by atoms with Gasteiger partial charge in [0.25, 0.3) is 5.56 Å². The van der Waals surface area contributed by atoms with Crippen LogP contribution in [0.5, 0.6) is 0 Å². The van der Waals surface area contributed by atoms with Gasteiger partial charge in [-0.1, -0.05) is 30.3 Å². The maximum absolute atomic E-state index is 12.6. The van der Waals surface area contributed by atoms with Gasteiger partial charge in [-0.05, 0) is 62.8 Å². The molecule has 2 N–H and O–H groups in total. The molecule has 7 heteroatoms. The fourth-order valence-electron chi connectivity index (χ4n) is 4.08. The quantitative estimate of drug-likeness (QED) is 0.419. The average Bonchev–Trinajstić information content (AvgIpc) is 3.05. The average molecular weight is 418 g/mol. The number of H-pyrrole nitrogens is 1. The number of aromatic amines is 1. The minimum absolute atomic E-state index is 0.0107. The van der Waals surface area contributed by atoms with Crippen molar-refractivity contribution in [2.24, 2.45) is 5.92 Å². The van der Waals surface area contributed by atoms with E-state index >= 15 is 0 Å². The first-order chi connectivity index (χ1) is 13.6. The van der Waals surface area contributed by atoms with Crippen LogP contribution in [0.25, 0.3) is 10.2 Å². The molecule has 1 atom stereocenters. The molecule has 150 valence electrons. The number of fused-ring (bicyclic) bond motifs is 3. The minimum Gasteiger partial charge on any atom is -0.355 e. The summed E-state index contributed by atoms with van der Waals surface area (Å²) in [6.45, 7) is 2.94. The summed E-state index contributed by atoms with van der Waals surface area (Å²) in [5, 5.41) is 4.28. The molecule has 2 aliphatic carbocycles. The van der Waals surface area contributed by atoms with Crippen LogP contribution < -0.4 is 10.9 Å². The standard InChI is InChI=1S/C21H27N3O2S2/c1-13-7-8-15-16(11-13)28-20-18(15)19(26)23-21(24-20)27-12-17(25)22-10-9-14-5-3-2-4-6-14/h5,13H,2-4,6-12H2,1H3,(H,22,25)(H,23,24,26)/t13-/m1/s1. The molecule has 4 rings (SSSR count). The van der Waals surface area contributed by atoms with E-state index in [0.29, 0.717) is 17.6 Å². The number of nitrogens with one attached hydrogen (secondary N) is 2. The molecule has 0 saturated carbocycles. The van der Waals surface area contributed by atoms with Crippen molar-refractivity contribution in [1.82, 2.24) is 15.3 Å². The molecule has 2 heterocycles. The minimum atomic E-state index is -0.0656. The number of carbonyl (C=O) groups is 1. The molecule has 0 aliphatic heterocycles. The van der Waals surface area contributed by atoms with Crippen molar-refractivity contribution in [3.63, 3.8) is 0 Å². The Hall–Kier alpha value is -1.60. The van der Waals surface area contributed by atoms with Crippen LogP contribution in [0, 0.1) is 5.92 Å². The van der Waals surface area contributed by atoms with Gasteiger partial charge in [-0.3, -0.25) is 9.59 Å². The zero-order chi connectivity index (χ0) is 19.5. The fraction of sp³-hybridized carbons (Fsp3) is 0.571. The van der Waals surface area contributed by atoms with Gasteiger partial charge in [0.2, 0.25) is 5.91 Å². The van der Waals surface area contributed by atoms with Gasteiger partial charge in [-0.25, -0.2) is 4.98 Å². The predicted octanol–water partition coefficient (Wildman–Crippen LogP) is 4.21. The van der Waals surface area contributed by atoms with Crippen LogP contribution in [-0.2, 0) is 17.6 Å². The maximum atomic E-state index is 12.6. The van der Waals surface area contributed by atoms with Gasteiger partial charge < -0.3 is 10.3 Å². The van der Waals surface area contributed by atoms with E-state index < -0.39 is 0 Å². The summed E-state index contributed by atoms with van der Waals surface area (Å²) in [5.41, 5.74) is 2.59. The molecule has 1 amide bonds. The second-order valence-corrected chi connectivity index (χ2v) is 9.95. The summed E-state index contributed by atoms with van der Waals surface area (Å²) in [4.78, 5) is 34.4. The number of hydrogen-bond donors (Lipinski definition) is 2. The molecule has 2 aromatic rings. The third kappa shape index (κ3) is 4.51. The zero-order valence-corrected chi connectivity index (χ0v) is 17.9. The molecule has 0 radical (unpaired) electrons.